The maximum Gasteiger partial charge on any atom is 0.325 e. The van der Waals surface area contributed by atoms with Crippen LogP contribution in [0.5, 0.6) is 0 Å². The normalized spacial score (nSPS) is 26.2. The predicted octanol–water partition coefficient (Wildman–Crippen LogP) is 2.19. The summed E-state index contributed by atoms with van der Waals surface area (Å²) in [5.74, 6) is 0.0103. The van der Waals surface area contributed by atoms with Gasteiger partial charge < -0.3 is 10.2 Å². The average molecular weight is 357 g/mol. The molecule has 0 radical (unpaired) electrons. The highest BCUT2D eigenvalue weighted by molar-refractivity contribution is 6.08. The summed E-state index contributed by atoms with van der Waals surface area (Å²) in [7, 11) is 0. The minimum Gasteiger partial charge on any atom is -0.341 e. The number of hydrogen-bond donors (Lipinski definition) is 1. The van der Waals surface area contributed by atoms with Crippen LogP contribution in [0.2, 0.25) is 0 Å². The molecule has 2 fully saturated rings. The van der Waals surface area contributed by atoms with Crippen LogP contribution < -0.4 is 5.32 Å². The van der Waals surface area contributed by atoms with E-state index in [1.54, 1.807) is 11.8 Å². The van der Waals surface area contributed by atoms with Crippen LogP contribution in [-0.2, 0) is 16.0 Å². The highest BCUT2D eigenvalue weighted by Crippen LogP contribution is 2.24. The number of nitrogens with one attached hydrogen (secondary N) is 1. The van der Waals surface area contributed by atoms with Crippen molar-refractivity contribution >= 4 is 17.8 Å². The number of carbonyl (C=O) groups is 3. The molecule has 1 aromatic carbocycles. The number of hydrogen-bond acceptors (Lipinski definition) is 3. The molecule has 6 nitrogen and oxygen atoms in total. The van der Waals surface area contributed by atoms with Crippen LogP contribution in [0.3, 0.4) is 0 Å². The Morgan fingerprint density at radius 1 is 1.27 bits per heavy atom. The summed E-state index contributed by atoms with van der Waals surface area (Å²) < 4.78 is 0. The summed E-state index contributed by atoms with van der Waals surface area (Å²) in [6, 6.07) is 9.40. The van der Waals surface area contributed by atoms with Crippen LogP contribution in [0.1, 0.15) is 38.7 Å². The Morgan fingerprint density at radius 2 is 2.00 bits per heavy atom. The van der Waals surface area contributed by atoms with Gasteiger partial charge in [0.25, 0.3) is 5.91 Å². The molecule has 140 valence electrons. The monoisotopic (exact) mass is 357 g/mol. The van der Waals surface area contributed by atoms with Gasteiger partial charge in [0.15, 0.2) is 0 Å². The zero-order valence-electron chi connectivity index (χ0n) is 15.5. The number of imide groups is 1. The molecule has 0 unspecified atom stereocenters. The molecule has 1 N–H and O–H groups in total. The van der Waals surface area contributed by atoms with Gasteiger partial charge in [-0.3, -0.25) is 14.5 Å². The van der Waals surface area contributed by atoms with Crippen molar-refractivity contribution in [2.45, 2.75) is 45.1 Å². The largest absolute Gasteiger partial charge is 0.341 e. The molecular formula is C20H27N3O3. The lowest BCUT2D eigenvalue weighted by molar-refractivity contribution is -0.139. The van der Waals surface area contributed by atoms with E-state index in [2.05, 4.69) is 12.2 Å². The fourth-order valence-corrected chi connectivity index (χ4v) is 3.75. The molecule has 2 aliphatic heterocycles. The molecule has 4 amide bonds. The molecule has 26 heavy (non-hydrogen) atoms. The summed E-state index contributed by atoms with van der Waals surface area (Å²) in [6.07, 6.45) is 3.29. The Bertz CT molecular complexity index is 691. The third kappa shape index (κ3) is 3.89. The molecule has 0 bridgehead atoms. The molecule has 2 heterocycles. The van der Waals surface area contributed by atoms with E-state index < -0.39 is 11.6 Å². The number of likely N-dealkylation sites (tertiary alicyclic amines) is 1. The van der Waals surface area contributed by atoms with Gasteiger partial charge in [-0.1, -0.05) is 37.3 Å². The Labute approximate surface area is 154 Å². The smallest absolute Gasteiger partial charge is 0.325 e. The van der Waals surface area contributed by atoms with Gasteiger partial charge in [-0.05, 0) is 44.1 Å². The standard InChI is InChI=1S/C20H27N3O3/c1-15-7-6-12-22(13-15)17(24)14-23-18(25)20(2,21-19(23)26)11-10-16-8-4-3-5-9-16/h3-5,8-9,15H,6-7,10-14H2,1-2H3,(H,21,26)/t15-,20-/m0/s1. The lowest BCUT2D eigenvalue weighted by Crippen LogP contribution is -2.47. The van der Waals surface area contributed by atoms with Gasteiger partial charge in [-0.25, -0.2) is 4.79 Å². The molecule has 6 heteroatoms. The van der Waals surface area contributed by atoms with Crippen molar-refractivity contribution in [3.63, 3.8) is 0 Å². The van der Waals surface area contributed by atoms with Crippen molar-refractivity contribution in [2.75, 3.05) is 19.6 Å². The molecule has 0 saturated carbocycles. The van der Waals surface area contributed by atoms with E-state index in [9.17, 15) is 14.4 Å². The Morgan fingerprint density at radius 3 is 2.69 bits per heavy atom. The van der Waals surface area contributed by atoms with Crippen molar-refractivity contribution in [3.8, 4) is 0 Å². The second-order valence-corrected chi connectivity index (χ2v) is 7.73. The predicted molar refractivity (Wildman–Crippen MR) is 98.4 cm³/mol. The first-order valence-corrected chi connectivity index (χ1v) is 9.35. The van der Waals surface area contributed by atoms with Crippen LogP contribution in [-0.4, -0.2) is 52.8 Å². The average Bonchev–Trinajstić information content (AvgIpc) is 2.84. The summed E-state index contributed by atoms with van der Waals surface area (Å²) in [4.78, 5) is 40.5. The van der Waals surface area contributed by atoms with Crippen molar-refractivity contribution in [1.82, 2.24) is 15.1 Å². The van der Waals surface area contributed by atoms with Crippen LogP contribution in [0.25, 0.3) is 0 Å². The third-order valence-electron chi connectivity index (χ3n) is 5.40. The number of carbonyl (C=O) groups excluding carboxylic acids is 3. The van der Waals surface area contributed by atoms with E-state index >= 15 is 0 Å². The van der Waals surface area contributed by atoms with Crippen LogP contribution in [0.15, 0.2) is 30.3 Å². The second-order valence-electron chi connectivity index (χ2n) is 7.73. The number of aryl methyl sites for hydroxylation is 1. The fourth-order valence-electron chi connectivity index (χ4n) is 3.75. The molecule has 0 aliphatic carbocycles. The van der Waals surface area contributed by atoms with E-state index in [1.807, 2.05) is 30.3 Å². The van der Waals surface area contributed by atoms with Crippen molar-refractivity contribution in [3.05, 3.63) is 35.9 Å². The zero-order chi connectivity index (χ0) is 18.7. The summed E-state index contributed by atoms with van der Waals surface area (Å²) in [5.41, 5.74) is 0.162. The lowest BCUT2D eigenvalue weighted by Gasteiger charge is -2.31. The fraction of sp³-hybridized carbons (Fsp3) is 0.550. The van der Waals surface area contributed by atoms with Crippen molar-refractivity contribution in [1.29, 1.82) is 0 Å². The first kappa shape index (κ1) is 18.4. The maximum absolute atomic E-state index is 12.8. The summed E-state index contributed by atoms with van der Waals surface area (Å²) in [5, 5.41) is 2.78. The van der Waals surface area contributed by atoms with E-state index in [-0.39, 0.29) is 18.4 Å². The highest BCUT2D eigenvalue weighted by Gasteiger charge is 2.48. The maximum atomic E-state index is 12.8. The van der Waals surface area contributed by atoms with E-state index in [1.165, 1.54) is 0 Å². The Hall–Kier alpha value is -2.37. The number of amides is 4. The van der Waals surface area contributed by atoms with Gasteiger partial charge >= 0.3 is 6.03 Å². The Kier molecular flexibility index (Phi) is 5.30. The number of rotatable bonds is 5. The van der Waals surface area contributed by atoms with E-state index in [4.69, 9.17) is 0 Å². The van der Waals surface area contributed by atoms with Gasteiger partial charge in [0.05, 0.1) is 0 Å². The van der Waals surface area contributed by atoms with Crippen LogP contribution in [0.4, 0.5) is 4.79 Å². The second kappa shape index (κ2) is 7.48. The van der Waals surface area contributed by atoms with Crippen LogP contribution >= 0.6 is 0 Å². The van der Waals surface area contributed by atoms with Gasteiger partial charge in [0.1, 0.15) is 12.1 Å². The zero-order valence-corrected chi connectivity index (χ0v) is 15.5. The number of piperidine rings is 1. The minimum atomic E-state index is -0.956. The molecular weight excluding hydrogens is 330 g/mol. The van der Waals surface area contributed by atoms with Gasteiger partial charge in [-0.2, -0.15) is 0 Å². The molecule has 3 rings (SSSR count). The number of urea groups is 1. The topological polar surface area (TPSA) is 69.7 Å². The van der Waals surface area contributed by atoms with Gasteiger partial charge in [0, 0.05) is 13.1 Å². The number of nitrogens with zero attached hydrogens (tertiary/aromatic N) is 2. The minimum absolute atomic E-state index is 0.146. The first-order valence-electron chi connectivity index (χ1n) is 9.35. The molecule has 2 aliphatic rings. The van der Waals surface area contributed by atoms with Crippen molar-refractivity contribution < 1.29 is 14.4 Å². The molecule has 2 atom stereocenters. The number of benzene rings is 1. The van der Waals surface area contributed by atoms with E-state index in [0.29, 0.717) is 31.8 Å². The SMILES string of the molecule is C[C@H]1CCCN(C(=O)CN2C(=O)N[C@@](C)(CCc3ccccc3)C2=O)C1. The van der Waals surface area contributed by atoms with Crippen LogP contribution in [0, 0.1) is 5.92 Å². The Balaban J connectivity index is 1.61. The van der Waals surface area contributed by atoms with Gasteiger partial charge in [-0.15, -0.1) is 0 Å². The quantitative estimate of drug-likeness (QED) is 0.821. The molecule has 0 aromatic heterocycles. The lowest BCUT2D eigenvalue weighted by atomic mass is 9.93. The van der Waals surface area contributed by atoms with Crippen molar-refractivity contribution in [2.24, 2.45) is 5.92 Å². The molecule has 0 spiro atoms. The molecule has 1 aromatic rings. The highest BCUT2D eigenvalue weighted by atomic mass is 16.2. The molecule has 2 saturated heterocycles. The summed E-state index contributed by atoms with van der Waals surface area (Å²) >= 11 is 0. The first-order chi connectivity index (χ1) is 12.4. The van der Waals surface area contributed by atoms with E-state index in [0.717, 1.165) is 23.3 Å². The van der Waals surface area contributed by atoms with Gasteiger partial charge in [0.2, 0.25) is 5.91 Å². The summed E-state index contributed by atoms with van der Waals surface area (Å²) in [6.45, 7) is 5.10. The third-order valence-corrected chi connectivity index (χ3v) is 5.40.